The van der Waals surface area contributed by atoms with E-state index in [9.17, 15) is 14.9 Å². The van der Waals surface area contributed by atoms with Crippen molar-refractivity contribution >= 4 is 11.7 Å². The molecule has 2 heterocycles. The van der Waals surface area contributed by atoms with Crippen LogP contribution in [0.25, 0.3) is 5.82 Å². The third kappa shape index (κ3) is 2.03. The maximum atomic E-state index is 11.1. The van der Waals surface area contributed by atoms with E-state index in [0.29, 0.717) is 0 Å². The first kappa shape index (κ1) is 12.7. The van der Waals surface area contributed by atoms with Crippen molar-refractivity contribution in [3.8, 4) is 5.82 Å². The SMILES string of the molecule is Cc1nn(-c2ncccc2C(=O)O)c(C)c1[N+](=O)[O-]. The number of nitro groups is 1. The quantitative estimate of drug-likeness (QED) is 0.662. The van der Waals surface area contributed by atoms with Crippen LogP contribution >= 0.6 is 0 Å². The van der Waals surface area contributed by atoms with Gasteiger partial charge in [0.1, 0.15) is 17.0 Å². The van der Waals surface area contributed by atoms with Crippen LogP contribution in [0.2, 0.25) is 0 Å². The monoisotopic (exact) mass is 262 g/mol. The molecule has 19 heavy (non-hydrogen) atoms. The minimum absolute atomic E-state index is 0.0590. The minimum Gasteiger partial charge on any atom is -0.478 e. The van der Waals surface area contributed by atoms with Gasteiger partial charge in [-0.05, 0) is 26.0 Å². The predicted molar refractivity (Wildman–Crippen MR) is 64.4 cm³/mol. The molecule has 8 nitrogen and oxygen atoms in total. The first-order valence-corrected chi connectivity index (χ1v) is 5.32. The number of carboxylic acids is 1. The first-order chi connectivity index (χ1) is 8.93. The van der Waals surface area contributed by atoms with Crippen molar-refractivity contribution in [3.05, 3.63) is 45.4 Å². The summed E-state index contributed by atoms with van der Waals surface area (Å²) in [6.07, 6.45) is 1.41. The van der Waals surface area contributed by atoms with Crippen molar-refractivity contribution in [2.24, 2.45) is 0 Å². The van der Waals surface area contributed by atoms with Gasteiger partial charge in [-0.15, -0.1) is 0 Å². The summed E-state index contributed by atoms with van der Waals surface area (Å²) in [7, 11) is 0. The van der Waals surface area contributed by atoms with Crippen LogP contribution in [-0.2, 0) is 0 Å². The Hall–Kier alpha value is -2.77. The molecule has 0 aliphatic heterocycles. The Kier molecular flexibility index (Phi) is 2.99. The van der Waals surface area contributed by atoms with Gasteiger partial charge in [0.05, 0.1) is 4.92 Å². The Bertz CT molecular complexity index is 677. The molecule has 0 radical (unpaired) electrons. The van der Waals surface area contributed by atoms with Crippen LogP contribution in [0.15, 0.2) is 18.3 Å². The number of rotatable bonds is 3. The van der Waals surface area contributed by atoms with E-state index in [4.69, 9.17) is 5.11 Å². The standard InChI is InChI=1S/C11H10N4O4/c1-6-9(15(18)19)7(2)14(13-6)10-8(11(16)17)4-3-5-12-10/h3-5H,1-2H3,(H,16,17). The third-order valence-corrected chi connectivity index (χ3v) is 2.65. The number of pyridine rings is 1. The zero-order chi connectivity index (χ0) is 14.2. The van der Waals surface area contributed by atoms with E-state index >= 15 is 0 Å². The van der Waals surface area contributed by atoms with E-state index in [0.717, 1.165) is 0 Å². The van der Waals surface area contributed by atoms with Gasteiger partial charge in [-0.25, -0.2) is 14.5 Å². The summed E-state index contributed by atoms with van der Waals surface area (Å²) in [5.41, 5.74) is 0.248. The molecule has 1 N–H and O–H groups in total. The van der Waals surface area contributed by atoms with Crippen molar-refractivity contribution in [1.82, 2.24) is 14.8 Å². The molecule has 0 fully saturated rings. The van der Waals surface area contributed by atoms with Gasteiger partial charge in [-0.2, -0.15) is 5.10 Å². The highest BCUT2D eigenvalue weighted by Crippen LogP contribution is 2.25. The zero-order valence-corrected chi connectivity index (χ0v) is 10.2. The molecule has 2 aromatic rings. The lowest BCUT2D eigenvalue weighted by Crippen LogP contribution is -2.10. The second kappa shape index (κ2) is 4.48. The van der Waals surface area contributed by atoms with Crippen LogP contribution in [0.4, 0.5) is 5.69 Å². The smallest absolute Gasteiger partial charge is 0.339 e. The molecule has 0 bridgehead atoms. The van der Waals surface area contributed by atoms with E-state index < -0.39 is 10.9 Å². The van der Waals surface area contributed by atoms with Gasteiger partial charge >= 0.3 is 11.7 Å². The Morgan fingerprint density at radius 3 is 2.68 bits per heavy atom. The summed E-state index contributed by atoms with van der Waals surface area (Å²) in [4.78, 5) is 25.4. The maximum absolute atomic E-state index is 11.1. The Morgan fingerprint density at radius 2 is 2.16 bits per heavy atom. The normalized spacial score (nSPS) is 10.4. The van der Waals surface area contributed by atoms with Crippen molar-refractivity contribution in [2.75, 3.05) is 0 Å². The second-order valence-corrected chi connectivity index (χ2v) is 3.87. The van der Waals surface area contributed by atoms with Gasteiger partial charge in [-0.3, -0.25) is 10.1 Å². The third-order valence-electron chi connectivity index (χ3n) is 2.65. The number of aromatic carboxylic acids is 1. The Labute approximate surface area is 107 Å². The van der Waals surface area contributed by atoms with Crippen molar-refractivity contribution in [1.29, 1.82) is 0 Å². The van der Waals surface area contributed by atoms with E-state index in [1.165, 1.54) is 36.9 Å². The number of hydrogen-bond acceptors (Lipinski definition) is 5. The van der Waals surface area contributed by atoms with Crippen LogP contribution in [0.1, 0.15) is 21.7 Å². The molecule has 0 amide bonds. The molecular weight excluding hydrogens is 252 g/mol. The highest BCUT2D eigenvalue weighted by molar-refractivity contribution is 5.91. The molecule has 0 aliphatic carbocycles. The van der Waals surface area contributed by atoms with Crippen molar-refractivity contribution < 1.29 is 14.8 Å². The largest absolute Gasteiger partial charge is 0.478 e. The van der Waals surface area contributed by atoms with Gasteiger partial charge in [0.15, 0.2) is 5.82 Å². The summed E-state index contributed by atoms with van der Waals surface area (Å²) in [6.45, 7) is 2.99. The van der Waals surface area contributed by atoms with Crippen LogP contribution in [0, 0.1) is 24.0 Å². The van der Waals surface area contributed by atoms with Gasteiger partial charge in [0, 0.05) is 6.20 Å². The van der Waals surface area contributed by atoms with Crippen LogP contribution in [-0.4, -0.2) is 30.8 Å². The molecule has 0 saturated carbocycles. The zero-order valence-electron chi connectivity index (χ0n) is 10.2. The number of carbonyl (C=O) groups is 1. The molecule has 0 unspecified atom stereocenters. The second-order valence-electron chi connectivity index (χ2n) is 3.87. The number of nitrogens with zero attached hydrogens (tertiary/aromatic N) is 4. The molecule has 0 saturated heterocycles. The molecule has 8 heteroatoms. The fourth-order valence-corrected chi connectivity index (χ4v) is 1.84. The predicted octanol–water partition coefficient (Wildman–Crippen LogP) is 1.49. The average molecular weight is 262 g/mol. The molecule has 0 spiro atoms. The van der Waals surface area contributed by atoms with Gasteiger partial charge in [0.2, 0.25) is 0 Å². The highest BCUT2D eigenvalue weighted by Gasteiger charge is 2.25. The molecule has 0 aliphatic rings. The lowest BCUT2D eigenvalue weighted by molar-refractivity contribution is -0.386. The topological polar surface area (TPSA) is 111 Å². The number of aryl methyl sites for hydroxylation is 1. The number of carboxylic acid groups (broad SMARTS) is 1. The molecule has 0 atom stereocenters. The van der Waals surface area contributed by atoms with Crippen molar-refractivity contribution in [3.63, 3.8) is 0 Å². The number of aromatic nitrogens is 3. The van der Waals surface area contributed by atoms with E-state index in [1.54, 1.807) is 0 Å². The van der Waals surface area contributed by atoms with Crippen LogP contribution in [0.3, 0.4) is 0 Å². The molecule has 2 rings (SSSR count). The van der Waals surface area contributed by atoms with Gasteiger partial charge < -0.3 is 5.11 Å². The van der Waals surface area contributed by atoms with Crippen LogP contribution in [0.5, 0.6) is 0 Å². The summed E-state index contributed by atoms with van der Waals surface area (Å²) in [5, 5.41) is 24.0. The summed E-state index contributed by atoms with van der Waals surface area (Å²) >= 11 is 0. The van der Waals surface area contributed by atoms with E-state index in [2.05, 4.69) is 10.1 Å². The van der Waals surface area contributed by atoms with Gasteiger partial charge in [-0.1, -0.05) is 0 Å². The fourth-order valence-electron chi connectivity index (χ4n) is 1.84. The fraction of sp³-hybridized carbons (Fsp3) is 0.182. The van der Waals surface area contributed by atoms with E-state index in [1.807, 2.05) is 0 Å². The number of hydrogen-bond donors (Lipinski definition) is 1. The summed E-state index contributed by atoms with van der Waals surface area (Å²) < 4.78 is 1.18. The van der Waals surface area contributed by atoms with Gasteiger partial charge in [0.25, 0.3) is 0 Å². The minimum atomic E-state index is -1.17. The summed E-state index contributed by atoms with van der Waals surface area (Å²) in [6, 6.07) is 2.85. The highest BCUT2D eigenvalue weighted by atomic mass is 16.6. The first-order valence-electron chi connectivity index (χ1n) is 5.32. The lowest BCUT2D eigenvalue weighted by atomic mass is 10.2. The van der Waals surface area contributed by atoms with Crippen LogP contribution < -0.4 is 0 Å². The maximum Gasteiger partial charge on any atom is 0.339 e. The Balaban J connectivity index is 2.70. The molecule has 98 valence electrons. The Morgan fingerprint density at radius 1 is 1.47 bits per heavy atom. The molecule has 0 aromatic carbocycles. The lowest BCUT2D eigenvalue weighted by Gasteiger charge is -2.05. The molecular formula is C11H10N4O4. The average Bonchev–Trinajstić information content (AvgIpc) is 2.64. The van der Waals surface area contributed by atoms with E-state index in [-0.39, 0.29) is 28.5 Å². The van der Waals surface area contributed by atoms with Crippen molar-refractivity contribution in [2.45, 2.75) is 13.8 Å². The summed E-state index contributed by atoms with van der Waals surface area (Å²) in [5.74, 6) is -1.11. The molecule has 2 aromatic heterocycles.